The second-order valence-corrected chi connectivity index (χ2v) is 9.04. The maximum atomic E-state index is 12.7. The second kappa shape index (κ2) is 5.29. The Morgan fingerprint density at radius 2 is 1.67 bits per heavy atom. The standard InChI is InChI=1S/C17H24O3S/c18-15(10-20-16(19)14-2-1-3-21-14)17-7-11-4-12(8-17)6-13(5-11)9-17/h11-14H,1-10H2/t11?,12?,13?,14-,17?/m1/s1. The van der Waals surface area contributed by atoms with Gasteiger partial charge in [0.25, 0.3) is 0 Å². The van der Waals surface area contributed by atoms with Crippen LogP contribution in [0.25, 0.3) is 0 Å². The van der Waals surface area contributed by atoms with Crippen molar-refractivity contribution in [3.8, 4) is 0 Å². The van der Waals surface area contributed by atoms with Gasteiger partial charge in [0, 0.05) is 5.41 Å². The molecule has 21 heavy (non-hydrogen) atoms. The number of rotatable bonds is 4. The average molecular weight is 308 g/mol. The zero-order valence-electron chi connectivity index (χ0n) is 12.5. The zero-order chi connectivity index (χ0) is 14.4. The van der Waals surface area contributed by atoms with Crippen LogP contribution in [0.15, 0.2) is 0 Å². The van der Waals surface area contributed by atoms with Crippen LogP contribution in [0.2, 0.25) is 0 Å². The van der Waals surface area contributed by atoms with Crippen LogP contribution in [-0.4, -0.2) is 29.4 Å². The highest BCUT2D eigenvalue weighted by molar-refractivity contribution is 8.00. The summed E-state index contributed by atoms with van der Waals surface area (Å²) in [5, 5.41) is -0.0193. The highest BCUT2D eigenvalue weighted by atomic mass is 32.2. The molecule has 4 heteroatoms. The van der Waals surface area contributed by atoms with Crippen LogP contribution in [0.5, 0.6) is 0 Å². The van der Waals surface area contributed by atoms with E-state index in [4.69, 9.17) is 4.74 Å². The SMILES string of the molecule is O=C(OCC(=O)C12CC3CC(CC(C3)C1)C2)[C@H]1CCCS1. The Balaban J connectivity index is 1.37. The van der Waals surface area contributed by atoms with Crippen molar-refractivity contribution in [2.75, 3.05) is 12.4 Å². The van der Waals surface area contributed by atoms with E-state index >= 15 is 0 Å². The molecule has 0 spiro atoms. The molecule has 0 N–H and O–H groups in total. The molecular formula is C17H24O3S. The Labute approximate surface area is 130 Å². The van der Waals surface area contributed by atoms with Gasteiger partial charge < -0.3 is 4.74 Å². The van der Waals surface area contributed by atoms with Gasteiger partial charge in [-0.3, -0.25) is 9.59 Å². The minimum atomic E-state index is -0.157. The van der Waals surface area contributed by atoms with E-state index in [0.717, 1.165) is 55.6 Å². The minimum Gasteiger partial charge on any atom is -0.457 e. The van der Waals surface area contributed by atoms with Gasteiger partial charge in [0.2, 0.25) is 0 Å². The molecule has 0 aromatic heterocycles. The summed E-state index contributed by atoms with van der Waals surface area (Å²) in [6, 6.07) is 0. The summed E-state index contributed by atoms with van der Waals surface area (Å²) in [5.41, 5.74) is -0.127. The van der Waals surface area contributed by atoms with Crippen molar-refractivity contribution in [2.24, 2.45) is 23.2 Å². The third-order valence-corrected chi connectivity index (χ3v) is 7.52. The van der Waals surface area contributed by atoms with E-state index in [-0.39, 0.29) is 29.0 Å². The van der Waals surface area contributed by atoms with Crippen LogP contribution < -0.4 is 0 Å². The van der Waals surface area contributed by atoms with Crippen LogP contribution in [0.1, 0.15) is 51.4 Å². The molecular weight excluding hydrogens is 284 g/mol. The van der Waals surface area contributed by atoms with Gasteiger partial charge in [-0.1, -0.05) is 0 Å². The van der Waals surface area contributed by atoms with E-state index in [0.29, 0.717) is 0 Å². The molecule has 5 rings (SSSR count). The summed E-state index contributed by atoms with van der Waals surface area (Å²) in [7, 11) is 0. The first-order valence-corrected chi connectivity index (χ1v) is 9.51. The third kappa shape index (κ3) is 2.54. The van der Waals surface area contributed by atoms with Crippen molar-refractivity contribution in [1.29, 1.82) is 0 Å². The van der Waals surface area contributed by atoms with Gasteiger partial charge in [-0.05, 0) is 74.9 Å². The zero-order valence-corrected chi connectivity index (χ0v) is 13.3. The van der Waals surface area contributed by atoms with Gasteiger partial charge in [-0.25, -0.2) is 0 Å². The number of carbonyl (C=O) groups excluding carboxylic acids is 2. The number of esters is 1. The van der Waals surface area contributed by atoms with Crippen molar-refractivity contribution >= 4 is 23.5 Å². The molecule has 5 fully saturated rings. The van der Waals surface area contributed by atoms with Gasteiger partial charge in [0.1, 0.15) is 5.25 Å². The van der Waals surface area contributed by atoms with Crippen LogP contribution in [0.3, 0.4) is 0 Å². The van der Waals surface area contributed by atoms with Gasteiger partial charge in [-0.15, -0.1) is 11.8 Å². The maximum Gasteiger partial charge on any atom is 0.319 e. The Morgan fingerprint density at radius 3 is 2.19 bits per heavy atom. The summed E-state index contributed by atoms with van der Waals surface area (Å²) in [6.07, 6.45) is 9.21. The summed E-state index contributed by atoms with van der Waals surface area (Å²) >= 11 is 1.68. The van der Waals surface area contributed by atoms with Crippen molar-refractivity contribution in [3.63, 3.8) is 0 Å². The van der Waals surface area contributed by atoms with E-state index in [1.807, 2.05) is 0 Å². The monoisotopic (exact) mass is 308 g/mol. The van der Waals surface area contributed by atoms with Gasteiger partial charge in [0.15, 0.2) is 12.4 Å². The first kappa shape index (κ1) is 14.1. The lowest BCUT2D eigenvalue weighted by Crippen LogP contribution is -2.51. The Hall–Kier alpha value is -0.510. The van der Waals surface area contributed by atoms with Gasteiger partial charge in [0.05, 0.1) is 0 Å². The summed E-state index contributed by atoms with van der Waals surface area (Å²) < 4.78 is 5.37. The first-order valence-electron chi connectivity index (χ1n) is 8.46. The van der Waals surface area contributed by atoms with Crippen molar-refractivity contribution in [2.45, 2.75) is 56.6 Å². The lowest BCUT2D eigenvalue weighted by molar-refractivity contribution is -0.157. The fourth-order valence-electron chi connectivity index (χ4n) is 5.60. The summed E-state index contributed by atoms with van der Waals surface area (Å²) in [6.45, 7) is 0.0298. The molecule has 1 heterocycles. The van der Waals surface area contributed by atoms with Crippen molar-refractivity contribution < 1.29 is 14.3 Å². The largest absolute Gasteiger partial charge is 0.457 e. The molecule has 4 bridgehead atoms. The topological polar surface area (TPSA) is 43.4 Å². The number of Topliss-reactive ketones (excluding diaryl/α,β-unsaturated/α-hetero) is 1. The number of ketones is 1. The lowest BCUT2D eigenvalue weighted by Gasteiger charge is -2.55. The Kier molecular flexibility index (Phi) is 3.55. The van der Waals surface area contributed by atoms with Gasteiger partial charge >= 0.3 is 5.97 Å². The third-order valence-electron chi connectivity index (χ3n) is 6.17. The van der Waals surface area contributed by atoms with E-state index in [1.54, 1.807) is 11.8 Å². The summed E-state index contributed by atoms with van der Waals surface area (Å²) in [5.74, 6) is 3.40. The molecule has 116 valence electrons. The lowest BCUT2D eigenvalue weighted by atomic mass is 9.48. The van der Waals surface area contributed by atoms with E-state index in [9.17, 15) is 9.59 Å². The maximum absolute atomic E-state index is 12.7. The minimum absolute atomic E-state index is 0.0193. The highest BCUT2D eigenvalue weighted by Crippen LogP contribution is 2.60. The number of thioether (sulfide) groups is 1. The van der Waals surface area contributed by atoms with Crippen LogP contribution in [0.4, 0.5) is 0 Å². The second-order valence-electron chi connectivity index (χ2n) is 7.73. The van der Waals surface area contributed by atoms with Crippen LogP contribution >= 0.6 is 11.8 Å². The van der Waals surface area contributed by atoms with E-state index in [2.05, 4.69) is 0 Å². The molecule has 4 saturated carbocycles. The fourth-order valence-corrected chi connectivity index (χ4v) is 6.75. The normalized spacial score (nSPS) is 44.0. The van der Waals surface area contributed by atoms with Crippen molar-refractivity contribution in [1.82, 2.24) is 0 Å². The van der Waals surface area contributed by atoms with E-state index in [1.165, 1.54) is 19.3 Å². The predicted molar refractivity (Wildman–Crippen MR) is 82.1 cm³/mol. The van der Waals surface area contributed by atoms with E-state index < -0.39 is 0 Å². The predicted octanol–water partition coefficient (Wildman–Crippen LogP) is 3.21. The van der Waals surface area contributed by atoms with Crippen LogP contribution in [0, 0.1) is 23.2 Å². The summed E-state index contributed by atoms with van der Waals surface area (Å²) in [4.78, 5) is 24.7. The quantitative estimate of drug-likeness (QED) is 0.748. The Bertz CT molecular complexity index is 418. The Morgan fingerprint density at radius 1 is 1.05 bits per heavy atom. The average Bonchev–Trinajstić information content (AvgIpc) is 2.97. The molecule has 0 aromatic carbocycles. The molecule has 1 aliphatic heterocycles. The van der Waals surface area contributed by atoms with Crippen LogP contribution in [-0.2, 0) is 14.3 Å². The molecule has 0 unspecified atom stereocenters. The fraction of sp³-hybridized carbons (Fsp3) is 0.882. The molecule has 5 aliphatic rings. The molecule has 1 saturated heterocycles. The molecule has 0 aromatic rings. The molecule has 0 amide bonds. The molecule has 3 nitrogen and oxygen atoms in total. The molecule has 4 aliphatic carbocycles. The highest BCUT2D eigenvalue weighted by Gasteiger charge is 2.54. The number of ether oxygens (including phenoxy) is 1. The molecule has 0 radical (unpaired) electrons. The number of hydrogen-bond donors (Lipinski definition) is 0. The van der Waals surface area contributed by atoms with Crippen molar-refractivity contribution in [3.05, 3.63) is 0 Å². The van der Waals surface area contributed by atoms with Gasteiger partial charge in [-0.2, -0.15) is 0 Å². The first-order chi connectivity index (χ1) is 10.1. The number of carbonyl (C=O) groups is 2. The molecule has 1 atom stereocenters. The number of hydrogen-bond acceptors (Lipinski definition) is 4. The smallest absolute Gasteiger partial charge is 0.319 e.